The number of rotatable bonds is 4. The van der Waals surface area contributed by atoms with Crippen LogP contribution < -0.4 is 5.32 Å². The summed E-state index contributed by atoms with van der Waals surface area (Å²) in [5.41, 5.74) is 1.52. The first kappa shape index (κ1) is 12.5. The Morgan fingerprint density at radius 2 is 2.06 bits per heavy atom. The molecule has 0 saturated carbocycles. The molecule has 0 aromatic heterocycles. The summed E-state index contributed by atoms with van der Waals surface area (Å²) in [6.07, 6.45) is 0.756. The van der Waals surface area contributed by atoms with E-state index in [0.29, 0.717) is 11.6 Å². The van der Waals surface area contributed by atoms with Crippen LogP contribution in [0.3, 0.4) is 0 Å². The number of nitriles is 1. The largest absolute Gasteiger partial charge is 0.370 e. The van der Waals surface area contributed by atoms with Crippen LogP contribution in [-0.2, 0) is 0 Å². The fraction of sp³-hybridized carbons (Fsp3) is 0.462. The number of halogens is 1. The number of hydrogen-bond donors (Lipinski definition) is 1. The van der Waals surface area contributed by atoms with Crippen LogP contribution in [-0.4, -0.2) is 6.04 Å². The maximum Gasteiger partial charge on any atom is 0.125 e. The highest BCUT2D eigenvalue weighted by molar-refractivity contribution is 5.47. The van der Waals surface area contributed by atoms with Crippen molar-refractivity contribution in [3.63, 3.8) is 0 Å². The van der Waals surface area contributed by atoms with Gasteiger partial charge in [-0.05, 0) is 43.0 Å². The molecule has 1 unspecified atom stereocenters. The SMILES string of the molecule is Cc1cc(F)cc(NC(C#N)CC(C)C)c1. The van der Waals surface area contributed by atoms with Crippen LogP contribution in [0.1, 0.15) is 25.8 Å². The number of benzene rings is 1. The van der Waals surface area contributed by atoms with Crippen molar-refractivity contribution >= 4 is 5.69 Å². The molecule has 0 bridgehead atoms. The molecule has 0 aliphatic rings. The maximum atomic E-state index is 13.1. The van der Waals surface area contributed by atoms with Crippen molar-refractivity contribution in [1.29, 1.82) is 5.26 Å². The van der Waals surface area contributed by atoms with Gasteiger partial charge in [0, 0.05) is 5.69 Å². The lowest BCUT2D eigenvalue weighted by Gasteiger charge is -2.15. The van der Waals surface area contributed by atoms with Crippen LogP contribution in [0.25, 0.3) is 0 Å². The molecule has 0 heterocycles. The van der Waals surface area contributed by atoms with Crippen molar-refractivity contribution in [2.75, 3.05) is 5.32 Å². The zero-order valence-corrected chi connectivity index (χ0v) is 9.92. The van der Waals surface area contributed by atoms with Gasteiger partial charge in [-0.2, -0.15) is 5.26 Å². The van der Waals surface area contributed by atoms with Crippen molar-refractivity contribution in [2.24, 2.45) is 5.92 Å². The zero-order chi connectivity index (χ0) is 12.1. The van der Waals surface area contributed by atoms with Crippen LogP contribution in [0.2, 0.25) is 0 Å². The Morgan fingerprint density at radius 1 is 1.38 bits per heavy atom. The summed E-state index contributed by atoms with van der Waals surface area (Å²) in [5, 5.41) is 12.0. The van der Waals surface area contributed by atoms with Gasteiger partial charge in [-0.1, -0.05) is 13.8 Å². The van der Waals surface area contributed by atoms with Crippen LogP contribution in [0.4, 0.5) is 10.1 Å². The Labute approximate surface area is 96.1 Å². The van der Waals surface area contributed by atoms with Crippen molar-refractivity contribution in [3.05, 3.63) is 29.6 Å². The molecule has 3 heteroatoms. The fourth-order valence-corrected chi connectivity index (χ4v) is 1.64. The number of nitrogens with one attached hydrogen (secondary N) is 1. The van der Waals surface area contributed by atoms with Gasteiger partial charge in [0.05, 0.1) is 6.07 Å². The van der Waals surface area contributed by atoms with Crippen LogP contribution in [0.15, 0.2) is 18.2 Å². The van der Waals surface area contributed by atoms with Gasteiger partial charge in [-0.25, -0.2) is 4.39 Å². The Morgan fingerprint density at radius 3 is 2.56 bits per heavy atom. The average molecular weight is 220 g/mol. The van der Waals surface area contributed by atoms with E-state index < -0.39 is 0 Å². The third-order valence-corrected chi connectivity index (χ3v) is 2.25. The first-order valence-corrected chi connectivity index (χ1v) is 5.44. The molecule has 0 aliphatic carbocycles. The molecule has 16 heavy (non-hydrogen) atoms. The number of nitrogens with zero attached hydrogens (tertiary/aromatic N) is 1. The number of hydrogen-bond acceptors (Lipinski definition) is 2. The van der Waals surface area contributed by atoms with Crippen molar-refractivity contribution in [1.82, 2.24) is 0 Å². The third kappa shape index (κ3) is 3.90. The topological polar surface area (TPSA) is 35.8 Å². The van der Waals surface area contributed by atoms with Gasteiger partial charge in [-0.15, -0.1) is 0 Å². The molecular weight excluding hydrogens is 203 g/mol. The minimum atomic E-state index is -0.274. The average Bonchev–Trinajstić information content (AvgIpc) is 2.14. The molecule has 1 aromatic rings. The number of aryl methyl sites for hydroxylation is 1. The van der Waals surface area contributed by atoms with Gasteiger partial charge in [0.15, 0.2) is 0 Å². The monoisotopic (exact) mass is 220 g/mol. The molecule has 0 radical (unpaired) electrons. The molecule has 0 fully saturated rings. The second kappa shape index (κ2) is 5.50. The second-order valence-corrected chi connectivity index (χ2v) is 4.47. The van der Waals surface area contributed by atoms with E-state index in [2.05, 4.69) is 25.2 Å². The molecule has 1 N–H and O–H groups in total. The highest BCUT2D eigenvalue weighted by Gasteiger charge is 2.10. The second-order valence-electron chi connectivity index (χ2n) is 4.47. The highest BCUT2D eigenvalue weighted by atomic mass is 19.1. The summed E-state index contributed by atoms with van der Waals surface area (Å²) in [6.45, 7) is 5.95. The van der Waals surface area contributed by atoms with Gasteiger partial charge in [0.2, 0.25) is 0 Å². The Bertz CT molecular complexity index is 373. The lowest BCUT2D eigenvalue weighted by atomic mass is 10.0. The summed E-state index contributed by atoms with van der Waals surface area (Å²) in [6, 6.07) is 6.65. The van der Waals surface area contributed by atoms with Gasteiger partial charge in [-0.3, -0.25) is 0 Å². The van der Waals surface area contributed by atoms with Gasteiger partial charge in [0.1, 0.15) is 11.9 Å². The predicted octanol–water partition coefficient (Wildman–Crippen LogP) is 3.48. The summed E-state index contributed by atoms with van der Waals surface area (Å²) in [5.74, 6) is 0.163. The molecule has 1 atom stereocenters. The van der Waals surface area contributed by atoms with Crippen LogP contribution >= 0.6 is 0 Å². The summed E-state index contributed by atoms with van der Waals surface area (Å²) < 4.78 is 13.1. The van der Waals surface area contributed by atoms with E-state index in [1.165, 1.54) is 12.1 Å². The van der Waals surface area contributed by atoms with Gasteiger partial charge >= 0.3 is 0 Å². The van der Waals surface area contributed by atoms with E-state index in [0.717, 1.165) is 12.0 Å². The molecule has 1 rings (SSSR count). The van der Waals surface area contributed by atoms with E-state index in [-0.39, 0.29) is 11.9 Å². The van der Waals surface area contributed by atoms with E-state index >= 15 is 0 Å². The lowest BCUT2D eigenvalue weighted by molar-refractivity contribution is 0.567. The molecule has 0 amide bonds. The quantitative estimate of drug-likeness (QED) is 0.843. The van der Waals surface area contributed by atoms with E-state index in [1.807, 2.05) is 13.0 Å². The first-order chi connectivity index (χ1) is 7.51. The fourth-order valence-electron chi connectivity index (χ4n) is 1.64. The summed E-state index contributed by atoms with van der Waals surface area (Å²) in [7, 11) is 0. The maximum absolute atomic E-state index is 13.1. The molecular formula is C13H17FN2. The van der Waals surface area contributed by atoms with Crippen molar-refractivity contribution < 1.29 is 4.39 Å². The minimum Gasteiger partial charge on any atom is -0.370 e. The molecule has 0 saturated heterocycles. The Balaban J connectivity index is 2.74. The van der Waals surface area contributed by atoms with Gasteiger partial charge in [0.25, 0.3) is 0 Å². The standard InChI is InChI=1S/C13H17FN2/c1-9(2)4-13(8-15)16-12-6-10(3)5-11(14)7-12/h5-7,9,13,16H,4H2,1-3H3. The molecule has 2 nitrogen and oxygen atoms in total. The first-order valence-electron chi connectivity index (χ1n) is 5.44. The van der Waals surface area contributed by atoms with E-state index in [1.54, 1.807) is 0 Å². The Kier molecular flexibility index (Phi) is 4.30. The molecule has 86 valence electrons. The minimum absolute atomic E-state index is 0.263. The molecule has 0 spiro atoms. The highest BCUT2D eigenvalue weighted by Crippen LogP contribution is 2.16. The molecule has 1 aromatic carbocycles. The molecule has 0 aliphatic heterocycles. The summed E-state index contributed by atoms with van der Waals surface area (Å²) >= 11 is 0. The smallest absolute Gasteiger partial charge is 0.125 e. The van der Waals surface area contributed by atoms with Crippen molar-refractivity contribution in [2.45, 2.75) is 33.2 Å². The zero-order valence-electron chi connectivity index (χ0n) is 9.92. The van der Waals surface area contributed by atoms with Gasteiger partial charge < -0.3 is 5.32 Å². The van der Waals surface area contributed by atoms with Crippen LogP contribution in [0.5, 0.6) is 0 Å². The third-order valence-electron chi connectivity index (χ3n) is 2.25. The predicted molar refractivity (Wildman–Crippen MR) is 63.6 cm³/mol. The Hall–Kier alpha value is -1.56. The normalized spacial score (nSPS) is 12.2. The van der Waals surface area contributed by atoms with Crippen LogP contribution in [0, 0.1) is 30.0 Å². The summed E-state index contributed by atoms with van der Waals surface area (Å²) in [4.78, 5) is 0. The van der Waals surface area contributed by atoms with E-state index in [4.69, 9.17) is 5.26 Å². The van der Waals surface area contributed by atoms with Crippen molar-refractivity contribution in [3.8, 4) is 6.07 Å². The number of anilines is 1. The lowest BCUT2D eigenvalue weighted by Crippen LogP contribution is -2.19. The van der Waals surface area contributed by atoms with E-state index in [9.17, 15) is 4.39 Å².